The molecule has 0 atom stereocenters. The molecule has 2 aromatic heterocycles. The largest absolute Gasteiger partial charge is 0.382 e. The van der Waals surface area contributed by atoms with E-state index in [1.165, 1.54) is 6.20 Å². The van der Waals surface area contributed by atoms with Crippen LogP contribution in [0.5, 0.6) is 0 Å². The van der Waals surface area contributed by atoms with E-state index in [0.717, 1.165) is 35.5 Å². The Hall–Kier alpha value is -3.12. The summed E-state index contributed by atoms with van der Waals surface area (Å²) in [7, 11) is -4.07. The van der Waals surface area contributed by atoms with Crippen molar-refractivity contribution in [2.45, 2.75) is 25.7 Å². The van der Waals surface area contributed by atoms with Crippen molar-refractivity contribution in [1.82, 2.24) is 14.3 Å². The maximum Gasteiger partial charge on any atom is 0.301 e. The highest BCUT2D eigenvalue weighted by Gasteiger charge is 2.30. The highest BCUT2D eigenvalue weighted by molar-refractivity contribution is 7.90. The summed E-state index contributed by atoms with van der Waals surface area (Å²) in [5.41, 5.74) is -1.48. The van der Waals surface area contributed by atoms with E-state index in [1.807, 2.05) is 0 Å². The zero-order valence-corrected chi connectivity index (χ0v) is 18.8. The molecule has 1 saturated carbocycles. The third-order valence-electron chi connectivity index (χ3n) is 6.13. The van der Waals surface area contributed by atoms with Gasteiger partial charge in [-0.2, -0.15) is 12.7 Å². The van der Waals surface area contributed by atoms with Gasteiger partial charge >= 0.3 is 10.2 Å². The first kappa shape index (κ1) is 22.7. The van der Waals surface area contributed by atoms with Crippen molar-refractivity contribution in [2.75, 3.05) is 29.7 Å². The topological polar surface area (TPSA) is 107 Å². The van der Waals surface area contributed by atoms with Crippen LogP contribution in [0.3, 0.4) is 0 Å². The molecule has 2 aliphatic rings. The minimum Gasteiger partial charge on any atom is -0.382 e. The van der Waals surface area contributed by atoms with E-state index in [4.69, 9.17) is 0 Å². The van der Waals surface area contributed by atoms with Gasteiger partial charge in [-0.05, 0) is 43.7 Å². The summed E-state index contributed by atoms with van der Waals surface area (Å²) in [6, 6.07) is 1.74. The van der Waals surface area contributed by atoms with Crippen molar-refractivity contribution in [1.29, 1.82) is 0 Å². The van der Waals surface area contributed by atoms with E-state index in [-0.39, 0.29) is 35.4 Å². The van der Waals surface area contributed by atoms with Gasteiger partial charge in [0.25, 0.3) is 0 Å². The highest BCUT2D eigenvalue weighted by Crippen LogP contribution is 2.34. The third kappa shape index (κ3) is 4.11. The molecule has 8 nitrogen and oxygen atoms in total. The fourth-order valence-corrected chi connectivity index (χ4v) is 5.40. The molecule has 5 rings (SSSR count). The molecule has 3 aromatic rings. The second kappa shape index (κ2) is 8.58. The number of pyridine rings is 1. The number of rotatable bonds is 8. The fourth-order valence-electron chi connectivity index (χ4n) is 4.10. The van der Waals surface area contributed by atoms with Crippen molar-refractivity contribution in [3.8, 4) is 0 Å². The lowest BCUT2D eigenvalue weighted by atomic mass is 10.0. The van der Waals surface area contributed by atoms with Gasteiger partial charge in [-0.25, -0.2) is 18.2 Å². The molecule has 3 N–H and O–H groups in total. The van der Waals surface area contributed by atoms with Gasteiger partial charge in [0, 0.05) is 25.8 Å². The van der Waals surface area contributed by atoms with Gasteiger partial charge < -0.3 is 10.3 Å². The summed E-state index contributed by atoms with van der Waals surface area (Å²) >= 11 is 0. The molecule has 1 aromatic carbocycles. The lowest BCUT2D eigenvalue weighted by molar-refractivity contribution is 0.103. The number of fused-ring (bicyclic) bond motifs is 1. The summed E-state index contributed by atoms with van der Waals surface area (Å²) in [6.07, 6.45) is 5.59. The molecular weight excluding hydrogens is 471 g/mol. The van der Waals surface area contributed by atoms with Crippen LogP contribution in [-0.4, -0.2) is 48.1 Å². The summed E-state index contributed by atoms with van der Waals surface area (Å²) in [5.74, 6) is -3.88. The second-order valence-corrected chi connectivity index (χ2v) is 10.2. The molecule has 180 valence electrons. The average Bonchev–Trinajstić information content (AvgIpc) is 3.27. The number of anilines is 2. The second-order valence-electron chi connectivity index (χ2n) is 8.56. The van der Waals surface area contributed by atoms with Gasteiger partial charge in [0.2, 0.25) is 5.78 Å². The molecule has 0 unspecified atom stereocenters. The van der Waals surface area contributed by atoms with Crippen molar-refractivity contribution in [3.05, 3.63) is 53.1 Å². The molecule has 2 fully saturated rings. The van der Waals surface area contributed by atoms with Crippen molar-refractivity contribution in [3.63, 3.8) is 0 Å². The standard InChI is InChI=1S/C22H22F3N5O3S/c23-14-5-6-16(29-34(32,33)30-7-1-2-8-30)19(25)18(14)21(31)13-10-27-22-17(13)20(15(24)11-28-22)26-9-12-3-4-12/h5-6,10-12,29H,1-4,7-9H2,(H2,26,27,28). The van der Waals surface area contributed by atoms with Gasteiger partial charge in [-0.1, -0.05) is 0 Å². The molecule has 12 heteroatoms. The van der Waals surface area contributed by atoms with E-state index in [9.17, 15) is 22.0 Å². The quantitative estimate of drug-likeness (QED) is 0.414. The van der Waals surface area contributed by atoms with Gasteiger partial charge in [0.15, 0.2) is 11.6 Å². The van der Waals surface area contributed by atoms with Crippen LogP contribution < -0.4 is 10.0 Å². The van der Waals surface area contributed by atoms with Crippen molar-refractivity contribution in [2.24, 2.45) is 5.92 Å². The highest BCUT2D eigenvalue weighted by atomic mass is 32.2. The lowest BCUT2D eigenvalue weighted by Crippen LogP contribution is -2.33. The lowest BCUT2D eigenvalue weighted by Gasteiger charge is -2.18. The molecular formula is C22H22F3N5O3S. The van der Waals surface area contributed by atoms with Crippen LogP contribution in [-0.2, 0) is 10.2 Å². The van der Waals surface area contributed by atoms with E-state index in [0.29, 0.717) is 25.3 Å². The average molecular weight is 494 g/mol. The predicted molar refractivity (Wildman–Crippen MR) is 120 cm³/mol. The summed E-state index contributed by atoms with van der Waals surface area (Å²) < 4.78 is 72.9. The SMILES string of the molecule is O=C(c1c(F)ccc(NS(=O)(=O)N2CCCC2)c1F)c1c[nH]c2ncc(F)c(NCC3CC3)c12. The van der Waals surface area contributed by atoms with E-state index >= 15 is 4.39 Å². The number of halogens is 3. The fraction of sp³-hybridized carbons (Fsp3) is 0.364. The Morgan fingerprint density at radius 3 is 2.59 bits per heavy atom. The number of ketones is 1. The molecule has 0 radical (unpaired) electrons. The maximum absolute atomic E-state index is 15.3. The van der Waals surface area contributed by atoms with Crippen LogP contribution in [0.15, 0.2) is 24.5 Å². The number of benzene rings is 1. The summed E-state index contributed by atoms with van der Waals surface area (Å²) in [6.45, 7) is 1.06. The summed E-state index contributed by atoms with van der Waals surface area (Å²) in [5, 5.41) is 3.06. The number of nitrogens with zero attached hydrogens (tertiary/aromatic N) is 2. The Balaban J connectivity index is 1.53. The van der Waals surface area contributed by atoms with Gasteiger partial charge in [0.1, 0.15) is 11.5 Å². The first-order valence-electron chi connectivity index (χ1n) is 11.0. The monoisotopic (exact) mass is 493 g/mol. The van der Waals surface area contributed by atoms with Crippen LogP contribution in [0.2, 0.25) is 0 Å². The number of H-pyrrole nitrogens is 1. The molecule has 34 heavy (non-hydrogen) atoms. The number of carbonyl (C=O) groups excluding carboxylic acids is 1. The van der Waals surface area contributed by atoms with E-state index in [1.54, 1.807) is 0 Å². The molecule has 1 saturated heterocycles. The molecule has 1 aliphatic heterocycles. The Labute approximate surface area is 193 Å². The smallest absolute Gasteiger partial charge is 0.301 e. The third-order valence-corrected chi connectivity index (χ3v) is 7.65. The molecule has 0 bridgehead atoms. The minimum absolute atomic E-state index is 0.0215. The molecule has 0 spiro atoms. The number of hydrogen-bond donors (Lipinski definition) is 3. The Morgan fingerprint density at radius 2 is 1.88 bits per heavy atom. The number of hydrogen-bond acceptors (Lipinski definition) is 5. The predicted octanol–water partition coefficient (Wildman–Crippen LogP) is 3.79. The van der Waals surface area contributed by atoms with Crippen molar-refractivity contribution >= 4 is 38.4 Å². The van der Waals surface area contributed by atoms with Gasteiger partial charge in [0.05, 0.1) is 34.1 Å². The van der Waals surface area contributed by atoms with Crippen LogP contribution in [0.25, 0.3) is 11.0 Å². The number of aromatic amines is 1. The minimum atomic E-state index is -4.07. The van der Waals surface area contributed by atoms with Gasteiger partial charge in [-0.3, -0.25) is 9.52 Å². The van der Waals surface area contributed by atoms with Crippen LogP contribution >= 0.6 is 0 Å². The van der Waals surface area contributed by atoms with Crippen LogP contribution in [0, 0.1) is 23.4 Å². The first-order valence-corrected chi connectivity index (χ1v) is 12.4. The van der Waals surface area contributed by atoms with Crippen LogP contribution in [0.4, 0.5) is 24.5 Å². The first-order chi connectivity index (χ1) is 16.3. The number of nitrogens with one attached hydrogen (secondary N) is 3. The molecule has 0 amide bonds. The Bertz CT molecular complexity index is 1380. The molecule has 1 aliphatic carbocycles. The number of aromatic nitrogens is 2. The van der Waals surface area contributed by atoms with E-state index in [2.05, 4.69) is 20.0 Å². The summed E-state index contributed by atoms with van der Waals surface area (Å²) in [4.78, 5) is 20.0. The normalized spacial score (nSPS) is 16.8. The maximum atomic E-state index is 15.3. The number of carbonyl (C=O) groups is 1. The van der Waals surface area contributed by atoms with Crippen LogP contribution in [0.1, 0.15) is 41.6 Å². The van der Waals surface area contributed by atoms with Crippen molar-refractivity contribution < 1.29 is 26.4 Å². The zero-order chi connectivity index (χ0) is 24.0. The molecule has 3 heterocycles. The Morgan fingerprint density at radius 1 is 1.15 bits per heavy atom. The Kier molecular flexibility index (Phi) is 5.72. The van der Waals surface area contributed by atoms with Gasteiger partial charge in [-0.15, -0.1) is 0 Å². The zero-order valence-electron chi connectivity index (χ0n) is 18.0. The van der Waals surface area contributed by atoms with E-state index < -0.39 is 44.7 Å².